The highest BCUT2D eigenvalue weighted by molar-refractivity contribution is 4.99. The Morgan fingerprint density at radius 1 is 1.38 bits per heavy atom. The quantitative estimate of drug-likeness (QED) is 0.602. The Labute approximate surface area is 77.1 Å². The van der Waals surface area contributed by atoms with Gasteiger partial charge in [-0.15, -0.1) is 6.58 Å². The minimum Gasteiger partial charge on any atom is -0.387 e. The summed E-state index contributed by atoms with van der Waals surface area (Å²) in [5.74, 6) is -0.664. The molecule has 0 spiro atoms. The third-order valence-electron chi connectivity index (χ3n) is 2.28. The van der Waals surface area contributed by atoms with Gasteiger partial charge in [0, 0.05) is 0 Å². The van der Waals surface area contributed by atoms with Crippen LogP contribution in [-0.4, -0.2) is 35.5 Å². The number of ether oxygens (including phenoxy) is 3. The van der Waals surface area contributed by atoms with Crippen molar-refractivity contribution in [2.24, 2.45) is 0 Å². The highest BCUT2D eigenvalue weighted by Crippen LogP contribution is 2.37. The van der Waals surface area contributed by atoms with Crippen LogP contribution in [0.15, 0.2) is 12.7 Å². The third kappa shape index (κ3) is 1.40. The van der Waals surface area contributed by atoms with E-state index < -0.39 is 24.3 Å². The first-order valence-corrected chi connectivity index (χ1v) is 4.35. The number of hydrogen-bond donors (Lipinski definition) is 1. The molecule has 0 aliphatic carbocycles. The summed E-state index contributed by atoms with van der Waals surface area (Å²) in [5, 5.41) is 9.69. The van der Waals surface area contributed by atoms with E-state index in [1.54, 1.807) is 19.9 Å². The maximum absolute atomic E-state index is 9.69. The SMILES string of the molecule is C=C[C@H]1OC2OC(C)(C)O[C@@H]2[C@H]1O. The lowest BCUT2D eigenvalue weighted by molar-refractivity contribution is -0.209. The van der Waals surface area contributed by atoms with Gasteiger partial charge < -0.3 is 19.3 Å². The van der Waals surface area contributed by atoms with E-state index in [0.717, 1.165) is 0 Å². The van der Waals surface area contributed by atoms with Crippen molar-refractivity contribution < 1.29 is 19.3 Å². The molecular weight excluding hydrogens is 172 g/mol. The average Bonchev–Trinajstić information content (AvgIpc) is 2.47. The summed E-state index contributed by atoms with van der Waals surface area (Å²) < 4.78 is 16.3. The number of rotatable bonds is 1. The minimum absolute atomic E-state index is 0.383. The van der Waals surface area contributed by atoms with Crippen LogP contribution in [0.5, 0.6) is 0 Å². The molecule has 2 aliphatic rings. The van der Waals surface area contributed by atoms with Gasteiger partial charge in [0.1, 0.15) is 18.3 Å². The summed E-state index contributed by atoms with van der Waals surface area (Å²) in [4.78, 5) is 0. The van der Waals surface area contributed by atoms with E-state index in [1.807, 2.05) is 0 Å². The Balaban J connectivity index is 2.11. The van der Waals surface area contributed by atoms with Gasteiger partial charge in [-0.05, 0) is 13.8 Å². The molecule has 4 nitrogen and oxygen atoms in total. The van der Waals surface area contributed by atoms with Gasteiger partial charge in [0.05, 0.1) is 0 Å². The fraction of sp³-hybridized carbons (Fsp3) is 0.778. The molecule has 4 heteroatoms. The molecule has 4 atom stereocenters. The molecule has 2 heterocycles. The molecule has 1 unspecified atom stereocenters. The summed E-state index contributed by atoms with van der Waals surface area (Å²) in [7, 11) is 0. The van der Waals surface area contributed by atoms with E-state index >= 15 is 0 Å². The average molecular weight is 186 g/mol. The standard InChI is InChI=1S/C9H14O4/c1-4-5-6(10)7-8(11-5)13-9(2,3)12-7/h4-8,10H,1H2,2-3H3/t5-,6+,7-,8?/m1/s1. The van der Waals surface area contributed by atoms with Crippen LogP contribution < -0.4 is 0 Å². The summed E-state index contributed by atoms with van der Waals surface area (Å²) in [5.41, 5.74) is 0. The molecule has 0 radical (unpaired) electrons. The van der Waals surface area contributed by atoms with E-state index in [-0.39, 0.29) is 6.10 Å². The second-order valence-electron chi connectivity index (χ2n) is 3.80. The molecular formula is C9H14O4. The van der Waals surface area contributed by atoms with Crippen LogP contribution in [0.25, 0.3) is 0 Å². The molecule has 0 aromatic rings. The maximum atomic E-state index is 9.69. The monoisotopic (exact) mass is 186 g/mol. The second kappa shape index (κ2) is 2.78. The van der Waals surface area contributed by atoms with Gasteiger partial charge in [0.2, 0.25) is 0 Å². The van der Waals surface area contributed by atoms with E-state index in [0.29, 0.717) is 0 Å². The smallest absolute Gasteiger partial charge is 0.190 e. The molecule has 0 bridgehead atoms. The van der Waals surface area contributed by atoms with Crippen molar-refractivity contribution in [1.29, 1.82) is 0 Å². The molecule has 0 amide bonds. The van der Waals surface area contributed by atoms with Crippen molar-refractivity contribution in [3.8, 4) is 0 Å². The molecule has 2 fully saturated rings. The van der Waals surface area contributed by atoms with E-state index in [1.165, 1.54) is 0 Å². The summed E-state index contributed by atoms with van der Waals surface area (Å²) in [6.45, 7) is 7.15. The van der Waals surface area contributed by atoms with Crippen molar-refractivity contribution in [2.45, 2.75) is 44.2 Å². The van der Waals surface area contributed by atoms with Crippen molar-refractivity contribution in [3.05, 3.63) is 12.7 Å². The summed E-state index contributed by atoms with van der Waals surface area (Å²) in [6, 6.07) is 0. The van der Waals surface area contributed by atoms with Gasteiger partial charge >= 0.3 is 0 Å². The predicted octanol–water partition coefficient (Wildman–Crippen LogP) is 0.410. The van der Waals surface area contributed by atoms with Crippen molar-refractivity contribution in [1.82, 2.24) is 0 Å². The molecule has 13 heavy (non-hydrogen) atoms. The first-order chi connectivity index (χ1) is 6.03. The number of aliphatic hydroxyl groups is 1. The zero-order valence-corrected chi connectivity index (χ0v) is 7.77. The fourth-order valence-corrected chi connectivity index (χ4v) is 1.71. The number of fused-ring (bicyclic) bond motifs is 1. The molecule has 0 saturated carbocycles. The number of hydrogen-bond acceptors (Lipinski definition) is 4. The van der Waals surface area contributed by atoms with E-state index in [9.17, 15) is 5.11 Å². The van der Waals surface area contributed by atoms with Crippen LogP contribution in [0.3, 0.4) is 0 Å². The van der Waals surface area contributed by atoms with Gasteiger partial charge in [0.15, 0.2) is 12.1 Å². The normalized spacial score (nSPS) is 47.6. The lowest BCUT2D eigenvalue weighted by atomic mass is 10.1. The van der Waals surface area contributed by atoms with Gasteiger partial charge in [-0.25, -0.2) is 0 Å². The zero-order chi connectivity index (χ0) is 9.64. The third-order valence-corrected chi connectivity index (χ3v) is 2.28. The molecule has 2 aliphatic heterocycles. The summed E-state index contributed by atoms with van der Waals surface area (Å²) >= 11 is 0. The van der Waals surface area contributed by atoms with E-state index in [4.69, 9.17) is 14.2 Å². The maximum Gasteiger partial charge on any atom is 0.190 e. The lowest BCUT2D eigenvalue weighted by Crippen LogP contribution is -2.33. The van der Waals surface area contributed by atoms with Gasteiger partial charge in [-0.1, -0.05) is 6.08 Å². The van der Waals surface area contributed by atoms with Crippen molar-refractivity contribution in [2.75, 3.05) is 0 Å². The highest BCUT2D eigenvalue weighted by atomic mass is 16.8. The Hall–Kier alpha value is -0.420. The van der Waals surface area contributed by atoms with Gasteiger partial charge in [-0.3, -0.25) is 0 Å². The molecule has 74 valence electrons. The topological polar surface area (TPSA) is 47.9 Å². The first kappa shape index (κ1) is 9.15. The van der Waals surface area contributed by atoms with Crippen LogP contribution in [-0.2, 0) is 14.2 Å². The van der Waals surface area contributed by atoms with Gasteiger partial charge in [-0.2, -0.15) is 0 Å². The summed E-state index contributed by atoms with van der Waals surface area (Å²) in [6.07, 6.45) is -0.357. The number of aliphatic hydroxyl groups excluding tert-OH is 1. The Morgan fingerprint density at radius 2 is 2.08 bits per heavy atom. The largest absolute Gasteiger partial charge is 0.387 e. The minimum atomic E-state index is -0.677. The van der Waals surface area contributed by atoms with E-state index in [2.05, 4.69) is 6.58 Å². The fourth-order valence-electron chi connectivity index (χ4n) is 1.71. The molecule has 1 N–H and O–H groups in total. The predicted molar refractivity (Wildman–Crippen MR) is 44.9 cm³/mol. The molecule has 2 saturated heterocycles. The lowest BCUT2D eigenvalue weighted by Gasteiger charge is -2.21. The van der Waals surface area contributed by atoms with Crippen molar-refractivity contribution >= 4 is 0 Å². The zero-order valence-electron chi connectivity index (χ0n) is 7.77. The van der Waals surface area contributed by atoms with Crippen LogP contribution in [0.2, 0.25) is 0 Å². The Bertz CT molecular complexity index is 226. The van der Waals surface area contributed by atoms with Crippen LogP contribution in [0.4, 0.5) is 0 Å². The van der Waals surface area contributed by atoms with Gasteiger partial charge in [0.25, 0.3) is 0 Å². The molecule has 2 rings (SSSR count). The molecule has 0 aromatic carbocycles. The first-order valence-electron chi connectivity index (χ1n) is 4.35. The second-order valence-corrected chi connectivity index (χ2v) is 3.80. The van der Waals surface area contributed by atoms with Crippen molar-refractivity contribution in [3.63, 3.8) is 0 Å². The molecule has 0 aromatic heterocycles. The van der Waals surface area contributed by atoms with Crippen LogP contribution in [0, 0.1) is 0 Å². The van der Waals surface area contributed by atoms with Crippen LogP contribution in [0.1, 0.15) is 13.8 Å². The Kier molecular flexibility index (Phi) is 1.96. The van der Waals surface area contributed by atoms with Crippen LogP contribution >= 0.6 is 0 Å². The highest BCUT2D eigenvalue weighted by Gasteiger charge is 2.53. The Morgan fingerprint density at radius 3 is 2.62 bits per heavy atom.